The Labute approximate surface area is 198 Å². The minimum Gasteiger partial charge on any atom is -0.475 e. The predicted molar refractivity (Wildman–Crippen MR) is 119 cm³/mol. The molecule has 0 spiro atoms. The Kier molecular flexibility index (Phi) is 12.2. The fraction of sp³-hybridized carbons (Fsp3) is 0.818. The molecular formula is C22H38F3N3O6. The second-order valence-electron chi connectivity index (χ2n) is 9.84. The Bertz CT molecular complexity index is 721. The third kappa shape index (κ3) is 11.3. The predicted octanol–water partition coefficient (Wildman–Crippen LogP) is 2.02. The Morgan fingerprint density at radius 2 is 1.32 bits per heavy atom. The summed E-state index contributed by atoms with van der Waals surface area (Å²) >= 11 is 0. The Balaban J connectivity index is 0.00000135. The zero-order valence-corrected chi connectivity index (χ0v) is 20.8. The summed E-state index contributed by atoms with van der Waals surface area (Å²) in [6.07, 6.45) is -4.09. The first-order chi connectivity index (χ1) is 15.3. The molecule has 5 N–H and O–H groups in total. The van der Waals surface area contributed by atoms with Gasteiger partial charge in [0.25, 0.3) is 0 Å². The lowest BCUT2D eigenvalue weighted by molar-refractivity contribution is -0.192. The molecule has 0 aromatic carbocycles. The largest absolute Gasteiger partial charge is 0.490 e. The van der Waals surface area contributed by atoms with E-state index in [0.29, 0.717) is 19.4 Å². The van der Waals surface area contributed by atoms with Crippen LogP contribution in [0.25, 0.3) is 0 Å². The zero-order valence-electron chi connectivity index (χ0n) is 20.8. The van der Waals surface area contributed by atoms with Crippen molar-refractivity contribution >= 4 is 23.6 Å². The molecule has 1 aliphatic heterocycles. The van der Waals surface area contributed by atoms with Gasteiger partial charge in [-0.05, 0) is 37.5 Å². The van der Waals surface area contributed by atoms with Gasteiger partial charge < -0.3 is 26.2 Å². The molecule has 0 aromatic rings. The van der Waals surface area contributed by atoms with Crippen LogP contribution in [0.5, 0.6) is 0 Å². The van der Waals surface area contributed by atoms with Gasteiger partial charge in [0.15, 0.2) is 5.78 Å². The monoisotopic (exact) mass is 497 g/mol. The third-order valence-electron chi connectivity index (χ3n) is 5.04. The highest BCUT2D eigenvalue weighted by molar-refractivity contribution is 5.98. The third-order valence-corrected chi connectivity index (χ3v) is 5.04. The number of nitrogens with one attached hydrogen (secondary N) is 2. The van der Waals surface area contributed by atoms with Gasteiger partial charge in [-0.1, -0.05) is 41.5 Å². The highest BCUT2D eigenvalue weighted by Crippen LogP contribution is 2.29. The van der Waals surface area contributed by atoms with Crippen molar-refractivity contribution in [1.29, 1.82) is 0 Å². The van der Waals surface area contributed by atoms with Crippen molar-refractivity contribution < 1.29 is 42.2 Å². The lowest BCUT2D eigenvalue weighted by Gasteiger charge is -2.27. The van der Waals surface area contributed by atoms with E-state index in [9.17, 15) is 27.6 Å². The molecule has 198 valence electrons. The normalized spacial score (nSPS) is 20.2. The van der Waals surface area contributed by atoms with Gasteiger partial charge in [-0.25, -0.2) is 4.79 Å². The van der Waals surface area contributed by atoms with E-state index in [-0.39, 0.29) is 35.4 Å². The van der Waals surface area contributed by atoms with Crippen molar-refractivity contribution in [3.05, 3.63) is 0 Å². The molecule has 2 amide bonds. The number of aliphatic carboxylic acids is 1. The Hall–Kier alpha value is -2.21. The van der Waals surface area contributed by atoms with Gasteiger partial charge in [0.05, 0.1) is 18.7 Å². The van der Waals surface area contributed by atoms with Crippen molar-refractivity contribution in [3.63, 3.8) is 0 Å². The van der Waals surface area contributed by atoms with E-state index < -0.39 is 35.9 Å². The number of rotatable bonds is 11. The van der Waals surface area contributed by atoms with Crippen LogP contribution in [0.4, 0.5) is 13.2 Å². The van der Waals surface area contributed by atoms with Gasteiger partial charge in [-0.15, -0.1) is 0 Å². The van der Waals surface area contributed by atoms with E-state index in [1.54, 1.807) is 6.92 Å². The van der Waals surface area contributed by atoms with Crippen molar-refractivity contribution in [2.45, 2.75) is 91.2 Å². The van der Waals surface area contributed by atoms with Crippen LogP contribution in [-0.4, -0.2) is 65.2 Å². The maximum atomic E-state index is 12.9. The van der Waals surface area contributed by atoms with Crippen LogP contribution >= 0.6 is 0 Å². The second-order valence-corrected chi connectivity index (χ2v) is 9.84. The molecule has 0 saturated carbocycles. The lowest BCUT2D eigenvalue weighted by Crippen LogP contribution is -2.56. The minimum absolute atomic E-state index is 0.0324. The maximum absolute atomic E-state index is 12.9. The molecule has 9 nitrogen and oxygen atoms in total. The topological polar surface area (TPSA) is 151 Å². The van der Waals surface area contributed by atoms with Gasteiger partial charge >= 0.3 is 12.1 Å². The molecule has 1 heterocycles. The zero-order chi connectivity index (χ0) is 27.0. The lowest BCUT2D eigenvalue weighted by atomic mass is 9.92. The van der Waals surface area contributed by atoms with Gasteiger partial charge in [-0.3, -0.25) is 14.4 Å². The number of ketones is 1. The number of halogens is 3. The van der Waals surface area contributed by atoms with Crippen LogP contribution < -0.4 is 16.4 Å². The minimum atomic E-state index is -5.08. The molecule has 4 atom stereocenters. The molecule has 0 aromatic heterocycles. The van der Waals surface area contributed by atoms with Gasteiger partial charge in [0, 0.05) is 0 Å². The number of alkyl halides is 3. The summed E-state index contributed by atoms with van der Waals surface area (Å²) in [4.78, 5) is 46.8. The summed E-state index contributed by atoms with van der Waals surface area (Å²) in [5.74, 6) is -3.18. The quantitative estimate of drug-likeness (QED) is 0.319. The number of amides is 2. The molecule has 0 bridgehead atoms. The summed E-state index contributed by atoms with van der Waals surface area (Å²) < 4.78 is 37.0. The van der Waals surface area contributed by atoms with Crippen LogP contribution in [0.2, 0.25) is 0 Å². The first kappa shape index (κ1) is 31.8. The summed E-state index contributed by atoms with van der Waals surface area (Å²) in [5, 5.41) is 12.7. The van der Waals surface area contributed by atoms with Crippen LogP contribution in [0.1, 0.15) is 61.3 Å². The highest BCUT2D eigenvalue weighted by Gasteiger charge is 2.50. The molecule has 12 heteroatoms. The Morgan fingerprint density at radius 1 is 0.941 bits per heavy atom. The molecule has 1 saturated heterocycles. The van der Waals surface area contributed by atoms with E-state index in [1.165, 1.54) is 0 Å². The first-order valence-electron chi connectivity index (χ1n) is 11.2. The molecule has 0 aliphatic carbocycles. The summed E-state index contributed by atoms with van der Waals surface area (Å²) in [6.45, 7) is 13.8. The Morgan fingerprint density at radius 3 is 1.65 bits per heavy atom. The standard InChI is InChI=1S/C20H37N3O4.C2HF3O2/c1-11(2)8-14(17(24)20(7)10-27-20)22-18(25)15(9-12(3)4)23-19(26)16(21)13(5)6;3-2(4,5)1(6)7/h11-16H,8-10,21H2,1-7H3,(H,22,25)(H,23,26);(H,6,7)/t14-,15-,16-,20+;/m0./s1. The van der Waals surface area contributed by atoms with E-state index in [0.717, 1.165) is 0 Å². The maximum Gasteiger partial charge on any atom is 0.490 e. The highest BCUT2D eigenvalue weighted by atomic mass is 19.4. The van der Waals surface area contributed by atoms with E-state index in [4.69, 9.17) is 20.4 Å². The number of carboxylic acid groups (broad SMARTS) is 1. The van der Waals surface area contributed by atoms with Gasteiger partial charge in [0.2, 0.25) is 11.8 Å². The molecular weight excluding hydrogens is 459 g/mol. The summed E-state index contributed by atoms with van der Waals surface area (Å²) in [7, 11) is 0. The van der Waals surface area contributed by atoms with E-state index in [2.05, 4.69) is 10.6 Å². The van der Waals surface area contributed by atoms with E-state index in [1.807, 2.05) is 41.5 Å². The van der Waals surface area contributed by atoms with Crippen LogP contribution in [0.15, 0.2) is 0 Å². The molecule has 34 heavy (non-hydrogen) atoms. The smallest absolute Gasteiger partial charge is 0.475 e. The van der Waals surface area contributed by atoms with Crippen molar-refractivity contribution in [2.24, 2.45) is 23.5 Å². The second kappa shape index (κ2) is 13.0. The van der Waals surface area contributed by atoms with Crippen LogP contribution in [-0.2, 0) is 23.9 Å². The average Bonchev–Trinajstić information content (AvgIpc) is 3.43. The van der Waals surface area contributed by atoms with E-state index >= 15 is 0 Å². The SMILES string of the molecule is CC(C)C[C@H](NC(=O)[C@@H](N)C(C)C)C(=O)N[C@@H](CC(C)C)C(=O)[C@@]1(C)CO1.O=C(O)C(F)(F)F. The number of carbonyl (C=O) groups is 4. The average molecular weight is 498 g/mol. The molecule has 0 unspecified atom stereocenters. The van der Waals surface area contributed by atoms with Crippen molar-refractivity contribution in [1.82, 2.24) is 10.6 Å². The summed E-state index contributed by atoms with van der Waals surface area (Å²) in [5.41, 5.74) is 5.10. The number of Topliss-reactive ketones (excluding diaryl/α,β-unsaturated/α-hetero) is 1. The number of hydrogen-bond acceptors (Lipinski definition) is 6. The van der Waals surface area contributed by atoms with Crippen LogP contribution in [0.3, 0.4) is 0 Å². The van der Waals surface area contributed by atoms with Gasteiger partial charge in [0.1, 0.15) is 11.6 Å². The number of hydrogen-bond donors (Lipinski definition) is 4. The molecule has 1 rings (SSSR count). The van der Waals surface area contributed by atoms with Crippen molar-refractivity contribution in [2.75, 3.05) is 6.61 Å². The summed E-state index contributed by atoms with van der Waals surface area (Å²) in [6, 6.07) is -2.03. The fourth-order valence-electron chi connectivity index (χ4n) is 2.87. The van der Waals surface area contributed by atoms with Crippen molar-refractivity contribution in [3.8, 4) is 0 Å². The number of carboxylic acids is 1. The number of epoxide rings is 1. The number of carbonyl (C=O) groups excluding carboxylic acids is 3. The molecule has 1 fully saturated rings. The van der Waals surface area contributed by atoms with Gasteiger partial charge in [-0.2, -0.15) is 13.2 Å². The number of ether oxygens (including phenoxy) is 1. The number of nitrogens with two attached hydrogens (primary N) is 1. The first-order valence-corrected chi connectivity index (χ1v) is 11.2. The molecule has 0 radical (unpaired) electrons. The fourth-order valence-corrected chi connectivity index (χ4v) is 2.87. The molecule has 1 aliphatic rings. The van der Waals surface area contributed by atoms with Crippen LogP contribution in [0, 0.1) is 17.8 Å².